The molecule has 1 aromatic heterocycles. The number of hydrogen-bond donors (Lipinski definition) is 0. The summed E-state index contributed by atoms with van der Waals surface area (Å²) in [5.41, 5.74) is 0. The summed E-state index contributed by atoms with van der Waals surface area (Å²) in [5, 5.41) is 2.22. The molecular weight excluding hydrogens is 214 g/mol. The molecular formula is C11H10ClNO2. The predicted molar refractivity (Wildman–Crippen MR) is 59.9 cm³/mol. The van der Waals surface area contributed by atoms with Crippen LogP contribution in [-0.2, 0) is 0 Å². The van der Waals surface area contributed by atoms with Gasteiger partial charge in [-0.05, 0) is 18.2 Å². The predicted octanol–water partition coefficient (Wildman–Crippen LogP) is 2.91. The van der Waals surface area contributed by atoms with Crippen LogP contribution in [0.2, 0.25) is 5.15 Å². The van der Waals surface area contributed by atoms with Crippen LogP contribution in [0.5, 0.6) is 11.5 Å². The molecule has 0 saturated heterocycles. The van der Waals surface area contributed by atoms with Gasteiger partial charge in [-0.15, -0.1) is 0 Å². The highest BCUT2D eigenvalue weighted by Crippen LogP contribution is 2.36. The quantitative estimate of drug-likeness (QED) is 0.734. The van der Waals surface area contributed by atoms with Crippen molar-refractivity contribution in [2.75, 3.05) is 14.2 Å². The number of fused-ring (bicyclic) bond motifs is 1. The van der Waals surface area contributed by atoms with Crippen molar-refractivity contribution in [3.63, 3.8) is 0 Å². The first-order chi connectivity index (χ1) is 7.27. The number of nitrogens with zero attached hydrogens (tertiary/aromatic N) is 1. The van der Waals surface area contributed by atoms with E-state index >= 15 is 0 Å². The standard InChI is InChI=1S/C11H10ClNO2/c1-14-9-4-3-8-7(10(9)15-2)5-6-13-11(8)12/h3-6H,1-2H3. The first-order valence-corrected chi connectivity index (χ1v) is 4.81. The van der Waals surface area contributed by atoms with Gasteiger partial charge in [0.15, 0.2) is 11.5 Å². The fourth-order valence-corrected chi connectivity index (χ4v) is 1.76. The van der Waals surface area contributed by atoms with E-state index < -0.39 is 0 Å². The zero-order valence-electron chi connectivity index (χ0n) is 8.45. The number of pyridine rings is 1. The molecule has 0 unspecified atom stereocenters. The van der Waals surface area contributed by atoms with Crippen molar-refractivity contribution in [2.45, 2.75) is 0 Å². The number of hydrogen-bond acceptors (Lipinski definition) is 3. The third kappa shape index (κ3) is 1.59. The summed E-state index contributed by atoms with van der Waals surface area (Å²) in [6, 6.07) is 5.53. The number of halogens is 1. The molecule has 2 aromatic rings. The minimum absolute atomic E-state index is 0.466. The third-order valence-corrected chi connectivity index (χ3v) is 2.54. The topological polar surface area (TPSA) is 31.4 Å². The molecule has 1 aromatic carbocycles. The monoisotopic (exact) mass is 223 g/mol. The molecule has 78 valence electrons. The lowest BCUT2D eigenvalue weighted by Crippen LogP contribution is -1.92. The largest absolute Gasteiger partial charge is 0.493 e. The highest BCUT2D eigenvalue weighted by Gasteiger charge is 2.10. The smallest absolute Gasteiger partial charge is 0.168 e. The molecule has 0 saturated carbocycles. The minimum Gasteiger partial charge on any atom is -0.493 e. The number of aromatic nitrogens is 1. The molecule has 2 rings (SSSR count). The Labute approximate surface area is 92.6 Å². The Balaban J connectivity index is 2.82. The van der Waals surface area contributed by atoms with E-state index in [4.69, 9.17) is 21.1 Å². The zero-order chi connectivity index (χ0) is 10.8. The van der Waals surface area contributed by atoms with Crippen LogP contribution >= 0.6 is 11.6 Å². The van der Waals surface area contributed by atoms with Crippen molar-refractivity contribution < 1.29 is 9.47 Å². The molecule has 0 radical (unpaired) electrons. The van der Waals surface area contributed by atoms with Gasteiger partial charge in [-0.2, -0.15) is 0 Å². The van der Waals surface area contributed by atoms with Crippen molar-refractivity contribution >= 4 is 22.4 Å². The van der Waals surface area contributed by atoms with Gasteiger partial charge in [0.1, 0.15) is 5.15 Å². The van der Waals surface area contributed by atoms with Crippen molar-refractivity contribution in [3.05, 3.63) is 29.5 Å². The fraction of sp³-hybridized carbons (Fsp3) is 0.182. The Morgan fingerprint density at radius 1 is 1.07 bits per heavy atom. The maximum atomic E-state index is 5.97. The lowest BCUT2D eigenvalue weighted by Gasteiger charge is -2.10. The minimum atomic E-state index is 0.466. The average molecular weight is 224 g/mol. The molecule has 0 aliphatic carbocycles. The van der Waals surface area contributed by atoms with Gasteiger partial charge in [0.25, 0.3) is 0 Å². The van der Waals surface area contributed by atoms with Crippen LogP contribution in [0.4, 0.5) is 0 Å². The Kier molecular flexibility index (Phi) is 2.64. The van der Waals surface area contributed by atoms with E-state index in [1.807, 2.05) is 18.2 Å². The number of rotatable bonds is 2. The molecule has 0 atom stereocenters. The zero-order valence-corrected chi connectivity index (χ0v) is 9.21. The molecule has 15 heavy (non-hydrogen) atoms. The van der Waals surface area contributed by atoms with Gasteiger partial charge < -0.3 is 9.47 Å². The number of benzene rings is 1. The third-order valence-electron chi connectivity index (χ3n) is 2.24. The van der Waals surface area contributed by atoms with Gasteiger partial charge in [0, 0.05) is 17.0 Å². The van der Waals surface area contributed by atoms with Gasteiger partial charge in [0.2, 0.25) is 0 Å². The van der Waals surface area contributed by atoms with Crippen LogP contribution in [0, 0.1) is 0 Å². The molecule has 1 heterocycles. The molecule has 0 N–H and O–H groups in total. The second-order valence-corrected chi connectivity index (χ2v) is 3.36. The van der Waals surface area contributed by atoms with Gasteiger partial charge in [-0.3, -0.25) is 0 Å². The van der Waals surface area contributed by atoms with E-state index in [0.29, 0.717) is 16.7 Å². The van der Waals surface area contributed by atoms with Crippen molar-refractivity contribution in [1.29, 1.82) is 0 Å². The Hall–Kier alpha value is -1.48. The average Bonchev–Trinajstić information content (AvgIpc) is 2.28. The van der Waals surface area contributed by atoms with E-state index in [2.05, 4.69) is 4.98 Å². The van der Waals surface area contributed by atoms with Crippen molar-refractivity contribution in [1.82, 2.24) is 4.98 Å². The van der Waals surface area contributed by atoms with Crippen LogP contribution in [0.15, 0.2) is 24.4 Å². The normalized spacial score (nSPS) is 10.3. The Bertz CT molecular complexity index is 499. The second kappa shape index (κ2) is 3.95. The first-order valence-electron chi connectivity index (χ1n) is 4.43. The molecule has 0 fully saturated rings. The first kappa shape index (κ1) is 10.1. The molecule has 3 nitrogen and oxygen atoms in total. The summed E-state index contributed by atoms with van der Waals surface area (Å²) < 4.78 is 10.5. The molecule has 0 aliphatic rings. The number of methoxy groups -OCH3 is 2. The van der Waals surface area contributed by atoms with E-state index in [-0.39, 0.29) is 0 Å². The van der Waals surface area contributed by atoms with Crippen LogP contribution < -0.4 is 9.47 Å². The Morgan fingerprint density at radius 2 is 1.87 bits per heavy atom. The van der Waals surface area contributed by atoms with Gasteiger partial charge in [-0.25, -0.2) is 4.98 Å². The summed E-state index contributed by atoms with van der Waals surface area (Å²) in [6.45, 7) is 0. The lowest BCUT2D eigenvalue weighted by molar-refractivity contribution is 0.358. The summed E-state index contributed by atoms with van der Waals surface area (Å²) in [4.78, 5) is 4.01. The highest BCUT2D eigenvalue weighted by molar-refractivity contribution is 6.34. The van der Waals surface area contributed by atoms with Crippen LogP contribution in [0.25, 0.3) is 10.8 Å². The van der Waals surface area contributed by atoms with Crippen molar-refractivity contribution in [3.8, 4) is 11.5 Å². The maximum Gasteiger partial charge on any atom is 0.168 e. The second-order valence-electron chi connectivity index (χ2n) is 3.00. The molecule has 0 spiro atoms. The summed E-state index contributed by atoms with van der Waals surface area (Å²) in [7, 11) is 3.21. The van der Waals surface area contributed by atoms with E-state index in [1.54, 1.807) is 20.4 Å². The van der Waals surface area contributed by atoms with Crippen LogP contribution in [0.3, 0.4) is 0 Å². The SMILES string of the molecule is COc1ccc2c(Cl)nccc2c1OC. The van der Waals surface area contributed by atoms with Crippen LogP contribution in [0.1, 0.15) is 0 Å². The number of ether oxygens (including phenoxy) is 2. The maximum absolute atomic E-state index is 5.97. The molecule has 0 aliphatic heterocycles. The lowest BCUT2D eigenvalue weighted by atomic mass is 10.1. The molecule has 0 amide bonds. The Morgan fingerprint density at radius 3 is 2.53 bits per heavy atom. The van der Waals surface area contributed by atoms with Gasteiger partial charge in [-0.1, -0.05) is 11.6 Å². The summed E-state index contributed by atoms with van der Waals surface area (Å²) in [5.74, 6) is 1.37. The van der Waals surface area contributed by atoms with Crippen LogP contribution in [-0.4, -0.2) is 19.2 Å². The van der Waals surface area contributed by atoms with Gasteiger partial charge >= 0.3 is 0 Å². The summed E-state index contributed by atoms with van der Waals surface area (Å²) in [6.07, 6.45) is 1.65. The van der Waals surface area contributed by atoms with E-state index in [1.165, 1.54) is 0 Å². The van der Waals surface area contributed by atoms with Crippen molar-refractivity contribution in [2.24, 2.45) is 0 Å². The molecule has 4 heteroatoms. The highest BCUT2D eigenvalue weighted by atomic mass is 35.5. The summed E-state index contributed by atoms with van der Waals surface area (Å²) >= 11 is 5.97. The molecule has 0 bridgehead atoms. The van der Waals surface area contributed by atoms with Gasteiger partial charge in [0.05, 0.1) is 14.2 Å². The fourth-order valence-electron chi connectivity index (χ4n) is 1.54. The van der Waals surface area contributed by atoms with E-state index in [9.17, 15) is 0 Å². The van der Waals surface area contributed by atoms with E-state index in [0.717, 1.165) is 10.8 Å².